The molecule has 14 heavy (non-hydrogen) atoms. The Bertz CT molecular complexity index is 172. The van der Waals surface area contributed by atoms with Gasteiger partial charge in [-0.1, -0.05) is 13.5 Å². The largest absolute Gasteiger partial charge is 0.502 e. The van der Waals surface area contributed by atoms with Gasteiger partial charge in [-0.3, -0.25) is 4.79 Å². The summed E-state index contributed by atoms with van der Waals surface area (Å²) in [6, 6.07) is 0. The van der Waals surface area contributed by atoms with Crippen LogP contribution in [0.15, 0.2) is 12.8 Å². The van der Waals surface area contributed by atoms with Crippen LogP contribution in [-0.4, -0.2) is 25.6 Å². The molecule has 1 amide bonds. The predicted octanol–water partition coefficient (Wildman–Crippen LogP) is 0.638. The van der Waals surface area contributed by atoms with E-state index in [9.17, 15) is 4.79 Å². The molecule has 4 nitrogen and oxygen atoms in total. The molecule has 82 valence electrons. The van der Waals surface area contributed by atoms with E-state index in [-0.39, 0.29) is 11.8 Å². The molecule has 0 radical (unpaired) electrons. The van der Waals surface area contributed by atoms with Crippen molar-refractivity contribution in [1.82, 2.24) is 5.32 Å². The Morgan fingerprint density at radius 1 is 1.71 bits per heavy atom. The minimum Gasteiger partial charge on any atom is -0.502 e. The average molecular weight is 200 g/mol. The smallest absolute Gasteiger partial charge is 0.220 e. The van der Waals surface area contributed by atoms with Gasteiger partial charge in [-0.25, -0.2) is 0 Å². The molecule has 0 aromatic rings. The Hall–Kier alpha value is -1.03. The highest BCUT2D eigenvalue weighted by Gasteiger charge is 2.05. The van der Waals surface area contributed by atoms with E-state index in [2.05, 4.69) is 11.9 Å². The summed E-state index contributed by atoms with van der Waals surface area (Å²) in [4.78, 5) is 11.2. The summed E-state index contributed by atoms with van der Waals surface area (Å²) in [5.74, 6) is 0.306. The molecule has 1 unspecified atom stereocenters. The first-order valence-corrected chi connectivity index (χ1v) is 4.90. The molecule has 0 heterocycles. The van der Waals surface area contributed by atoms with Crippen LogP contribution in [0.5, 0.6) is 0 Å². The Morgan fingerprint density at radius 3 is 3.00 bits per heavy atom. The molecule has 0 rings (SSSR count). The minimum atomic E-state index is 0.0570. The number of nitrogens with two attached hydrogens (primary N) is 1. The molecule has 3 N–H and O–H groups in total. The standard InChI is InChI=1S/C10H20N2O2/c1-3-14-6-4-5-12-10(13)7-9(2)8-11/h3,9H,1,4-8,11H2,2H3,(H,12,13). The zero-order chi connectivity index (χ0) is 10.8. The van der Waals surface area contributed by atoms with Crippen molar-refractivity contribution < 1.29 is 9.53 Å². The second-order valence-electron chi connectivity index (χ2n) is 3.29. The van der Waals surface area contributed by atoms with Crippen molar-refractivity contribution >= 4 is 5.91 Å². The normalized spacial score (nSPS) is 11.9. The van der Waals surface area contributed by atoms with E-state index in [4.69, 9.17) is 10.5 Å². The van der Waals surface area contributed by atoms with Gasteiger partial charge in [-0.2, -0.15) is 0 Å². The average Bonchev–Trinajstić information content (AvgIpc) is 2.17. The molecule has 0 spiro atoms. The van der Waals surface area contributed by atoms with Crippen LogP contribution in [0.3, 0.4) is 0 Å². The number of carbonyl (C=O) groups is 1. The van der Waals surface area contributed by atoms with Crippen molar-refractivity contribution in [3.05, 3.63) is 12.8 Å². The number of carbonyl (C=O) groups excluding carboxylic acids is 1. The maximum Gasteiger partial charge on any atom is 0.220 e. The molecular weight excluding hydrogens is 180 g/mol. The molecule has 0 bridgehead atoms. The topological polar surface area (TPSA) is 64.3 Å². The summed E-state index contributed by atoms with van der Waals surface area (Å²) < 4.78 is 4.91. The van der Waals surface area contributed by atoms with Gasteiger partial charge in [0.2, 0.25) is 5.91 Å². The highest BCUT2D eigenvalue weighted by Crippen LogP contribution is 1.97. The first kappa shape index (κ1) is 13.0. The van der Waals surface area contributed by atoms with E-state index in [1.54, 1.807) is 0 Å². The Kier molecular flexibility index (Phi) is 7.93. The van der Waals surface area contributed by atoms with E-state index in [0.29, 0.717) is 26.1 Å². The minimum absolute atomic E-state index is 0.0570. The van der Waals surface area contributed by atoms with Gasteiger partial charge in [-0.15, -0.1) is 0 Å². The van der Waals surface area contributed by atoms with Crippen LogP contribution in [0.1, 0.15) is 19.8 Å². The lowest BCUT2D eigenvalue weighted by Gasteiger charge is -2.08. The molecule has 4 heteroatoms. The highest BCUT2D eigenvalue weighted by atomic mass is 16.5. The summed E-state index contributed by atoms with van der Waals surface area (Å²) in [6.45, 7) is 7.16. The van der Waals surface area contributed by atoms with Crippen molar-refractivity contribution in [2.45, 2.75) is 19.8 Å². The van der Waals surface area contributed by atoms with Gasteiger partial charge in [-0.05, 0) is 18.9 Å². The van der Waals surface area contributed by atoms with Crippen LogP contribution in [0.25, 0.3) is 0 Å². The van der Waals surface area contributed by atoms with Gasteiger partial charge in [0, 0.05) is 13.0 Å². The summed E-state index contributed by atoms with van der Waals surface area (Å²) in [5, 5.41) is 2.80. The van der Waals surface area contributed by atoms with E-state index in [0.717, 1.165) is 6.42 Å². The lowest BCUT2D eigenvalue weighted by Crippen LogP contribution is -2.28. The second-order valence-corrected chi connectivity index (χ2v) is 3.29. The summed E-state index contributed by atoms with van der Waals surface area (Å²) in [7, 11) is 0. The maximum absolute atomic E-state index is 11.2. The van der Waals surface area contributed by atoms with Crippen molar-refractivity contribution in [1.29, 1.82) is 0 Å². The van der Waals surface area contributed by atoms with E-state index in [1.165, 1.54) is 6.26 Å². The van der Waals surface area contributed by atoms with Gasteiger partial charge in [0.05, 0.1) is 12.9 Å². The fourth-order valence-corrected chi connectivity index (χ4v) is 0.939. The molecule has 0 aliphatic carbocycles. The number of ether oxygens (including phenoxy) is 1. The third kappa shape index (κ3) is 7.61. The second kappa shape index (κ2) is 8.56. The molecule has 0 saturated carbocycles. The van der Waals surface area contributed by atoms with Crippen LogP contribution in [0, 0.1) is 5.92 Å². The van der Waals surface area contributed by atoms with Crippen LogP contribution in [-0.2, 0) is 9.53 Å². The van der Waals surface area contributed by atoms with Gasteiger partial charge >= 0.3 is 0 Å². The molecular formula is C10H20N2O2. The lowest BCUT2D eigenvalue weighted by molar-refractivity contribution is -0.121. The van der Waals surface area contributed by atoms with Crippen LogP contribution in [0.4, 0.5) is 0 Å². The monoisotopic (exact) mass is 200 g/mol. The summed E-state index contributed by atoms with van der Waals surface area (Å²) >= 11 is 0. The Morgan fingerprint density at radius 2 is 2.43 bits per heavy atom. The third-order valence-corrected chi connectivity index (χ3v) is 1.82. The Balaban J connectivity index is 3.31. The van der Waals surface area contributed by atoms with Crippen LogP contribution >= 0.6 is 0 Å². The molecule has 0 fully saturated rings. The molecule has 0 aliphatic heterocycles. The zero-order valence-electron chi connectivity index (χ0n) is 8.79. The van der Waals surface area contributed by atoms with Gasteiger partial charge in [0.15, 0.2) is 0 Å². The Labute approximate surface area is 85.5 Å². The number of rotatable bonds is 8. The summed E-state index contributed by atoms with van der Waals surface area (Å²) in [6.07, 6.45) is 2.70. The molecule has 0 aromatic heterocycles. The van der Waals surface area contributed by atoms with E-state index in [1.807, 2.05) is 6.92 Å². The fraction of sp³-hybridized carbons (Fsp3) is 0.700. The highest BCUT2D eigenvalue weighted by molar-refractivity contribution is 5.76. The quantitative estimate of drug-likeness (QED) is 0.446. The number of nitrogens with one attached hydrogen (secondary N) is 1. The molecule has 0 aromatic carbocycles. The first-order chi connectivity index (χ1) is 6.70. The molecule has 0 aliphatic rings. The first-order valence-electron chi connectivity index (χ1n) is 4.90. The SMILES string of the molecule is C=COCCCNC(=O)CC(C)CN. The van der Waals surface area contributed by atoms with Crippen molar-refractivity contribution in [2.75, 3.05) is 19.7 Å². The van der Waals surface area contributed by atoms with Crippen molar-refractivity contribution in [3.8, 4) is 0 Å². The number of hydrogen-bond donors (Lipinski definition) is 2. The predicted molar refractivity (Wildman–Crippen MR) is 56.6 cm³/mol. The maximum atomic E-state index is 11.2. The molecule has 0 saturated heterocycles. The molecule has 1 atom stereocenters. The van der Waals surface area contributed by atoms with E-state index >= 15 is 0 Å². The summed E-state index contributed by atoms with van der Waals surface area (Å²) in [5.41, 5.74) is 5.40. The van der Waals surface area contributed by atoms with E-state index < -0.39 is 0 Å². The third-order valence-electron chi connectivity index (χ3n) is 1.82. The van der Waals surface area contributed by atoms with Crippen LogP contribution < -0.4 is 11.1 Å². The fourth-order valence-electron chi connectivity index (χ4n) is 0.939. The van der Waals surface area contributed by atoms with Crippen LogP contribution in [0.2, 0.25) is 0 Å². The number of amides is 1. The lowest BCUT2D eigenvalue weighted by atomic mass is 10.1. The van der Waals surface area contributed by atoms with Gasteiger partial charge < -0.3 is 15.8 Å². The van der Waals surface area contributed by atoms with Crippen molar-refractivity contribution in [3.63, 3.8) is 0 Å². The van der Waals surface area contributed by atoms with Gasteiger partial charge in [0.25, 0.3) is 0 Å². The van der Waals surface area contributed by atoms with Gasteiger partial charge in [0.1, 0.15) is 0 Å². The van der Waals surface area contributed by atoms with Crippen molar-refractivity contribution in [2.24, 2.45) is 11.7 Å². The number of hydrogen-bond acceptors (Lipinski definition) is 3. The zero-order valence-corrected chi connectivity index (χ0v) is 8.79.